The normalized spacial score (nSPS) is 35.2. The van der Waals surface area contributed by atoms with Crippen molar-refractivity contribution in [1.82, 2.24) is 31.5 Å². The van der Waals surface area contributed by atoms with Gasteiger partial charge in [0.15, 0.2) is 0 Å². The Morgan fingerprint density at radius 3 is 2.58 bits per heavy atom. The SMILES string of the molecule is C=CC(=O)NC1CC(NC2NCC(Cl)C(NC3CCCCC3P(C)(C)=O)N2)C(OC)CC1C#CCN(C)C(C)C. The Balaban J connectivity index is 1.68. The first kappa shape index (κ1) is 33.6. The van der Waals surface area contributed by atoms with Gasteiger partial charge < -0.3 is 14.6 Å². The molecule has 1 aliphatic heterocycles. The average molecular weight is 599 g/mol. The zero-order valence-electron chi connectivity index (χ0n) is 25.2. The van der Waals surface area contributed by atoms with Crippen LogP contribution in [-0.2, 0) is 14.1 Å². The molecule has 1 saturated heterocycles. The zero-order valence-corrected chi connectivity index (χ0v) is 26.9. The molecule has 1 heterocycles. The van der Waals surface area contributed by atoms with Gasteiger partial charge in [-0.2, -0.15) is 0 Å². The minimum Gasteiger partial charge on any atom is -0.380 e. The van der Waals surface area contributed by atoms with Crippen LogP contribution in [-0.4, -0.2) is 105 Å². The highest BCUT2D eigenvalue weighted by Gasteiger charge is 2.41. The van der Waals surface area contributed by atoms with Gasteiger partial charge in [0.05, 0.1) is 31.3 Å². The Bertz CT molecular complexity index is 952. The molecular formula is C29H52ClN6O3P. The Labute approximate surface area is 247 Å². The predicted molar refractivity (Wildman–Crippen MR) is 165 cm³/mol. The summed E-state index contributed by atoms with van der Waals surface area (Å²) in [4.78, 5) is 14.5. The van der Waals surface area contributed by atoms with Crippen LogP contribution >= 0.6 is 18.7 Å². The molecular weight excluding hydrogens is 547 g/mol. The highest BCUT2D eigenvalue weighted by Crippen LogP contribution is 2.49. The predicted octanol–water partition coefficient (Wildman–Crippen LogP) is 2.32. The van der Waals surface area contributed by atoms with Gasteiger partial charge in [-0.25, -0.2) is 0 Å². The second kappa shape index (κ2) is 15.5. The molecule has 2 saturated carbocycles. The molecule has 40 heavy (non-hydrogen) atoms. The largest absolute Gasteiger partial charge is 0.380 e. The van der Waals surface area contributed by atoms with Gasteiger partial charge in [0.1, 0.15) is 6.29 Å². The number of halogens is 1. The molecule has 228 valence electrons. The molecule has 0 aromatic rings. The highest BCUT2D eigenvalue weighted by molar-refractivity contribution is 7.63. The average Bonchev–Trinajstić information content (AvgIpc) is 2.91. The third-order valence-electron chi connectivity index (χ3n) is 8.77. The Kier molecular flexibility index (Phi) is 13.0. The molecule has 1 amide bonds. The van der Waals surface area contributed by atoms with Crippen molar-refractivity contribution in [3.05, 3.63) is 12.7 Å². The van der Waals surface area contributed by atoms with E-state index in [2.05, 4.69) is 70.8 Å². The van der Waals surface area contributed by atoms with Gasteiger partial charge in [-0.05, 0) is 66.0 Å². The van der Waals surface area contributed by atoms with E-state index in [1.54, 1.807) is 7.11 Å². The number of amides is 1. The first-order valence-corrected chi connectivity index (χ1v) is 17.9. The molecule has 5 N–H and O–H groups in total. The number of nitrogens with one attached hydrogen (secondary N) is 5. The topological polar surface area (TPSA) is 107 Å². The fraction of sp³-hybridized carbons (Fsp3) is 0.828. The lowest BCUT2D eigenvalue weighted by Crippen LogP contribution is -2.72. The first-order chi connectivity index (χ1) is 18.9. The van der Waals surface area contributed by atoms with Crippen molar-refractivity contribution < 1.29 is 14.1 Å². The molecule has 0 aromatic carbocycles. The van der Waals surface area contributed by atoms with Crippen LogP contribution in [0.2, 0.25) is 0 Å². The summed E-state index contributed by atoms with van der Waals surface area (Å²) in [6.07, 6.45) is 6.55. The molecule has 9 unspecified atom stereocenters. The van der Waals surface area contributed by atoms with Gasteiger partial charge >= 0.3 is 0 Å². The molecule has 2 aliphatic carbocycles. The number of hydrogen-bond acceptors (Lipinski definition) is 8. The molecule has 9 nitrogen and oxygen atoms in total. The molecule has 11 heteroatoms. The van der Waals surface area contributed by atoms with Crippen molar-refractivity contribution in [1.29, 1.82) is 0 Å². The first-order valence-electron chi connectivity index (χ1n) is 14.8. The summed E-state index contributed by atoms with van der Waals surface area (Å²) in [5.41, 5.74) is 0.178. The van der Waals surface area contributed by atoms with Gasteiger partial charge in [0.25, 0.3) is 0 Å². The monoisotopic (exact) mass is 598 g/mol. The van der Waals surface area contributed by atoms with Crippen LogP contribution in [0.4, 0.5) is 0 Å². The van der Waals surface area contributed by atoms with E-state index in [0.29, 0.717) is 32.0 Å². The molecule has 0 aromatic heterocycles. The second-order valence-electron chi connectivity index (χ2n) is 12.3. The van der Waals surface area contributed by atoms with E-state index in [9.17, 15) is 9.36 Å². The summed E-state index contributed by atoms with van der Waals surface area (Å²) in [5.74, 6) is 6.52. The fourth-order valence-electron chi connectivity index (χ4n) is 6.09. The van der Waals surface area contributed by atoms with Crippen LogP contribution in [0.25, 0.3) is 0 Å². The van der Waals surface area contributed by atoms with E-state index in [0.717, 1.165) is 25.7 Å². The maximum Gasteiger partial charge on any atom is 0.243 e. The van der Waals surface area contributed by atoms with Gasteiger partial charge in [-0.1, -0.05) is 31.3 Å². The van der Waals surface area contributed by atoms with Crippen molar-refractivity contribution in [2.45, 2.75) is 106 Å². The smallest absolute Gasteiger partial charge is 0.243 e. The molecule has 3 fully saturated rings. The highest BCUT2D eigenvalue weighted by atomic mass is 35.5. The Hall–Kier alpha value is -0.950. The van der Waals surface area contributed by atoms with Crippen molar-refractivity contribution in [3.63, 3.8) is 0 Å². The van der Waals surface area contributed by atoms with E-state index in [-0.39, 0.29) is 59.5 Å². The number of carbonyl (C=O) groups excluding carboxylic acids is 1. The summed E-state index contributed by atoms with van der Waals surface area (Å²) in [7, 11) is 1.57. The molecule has 0 bridgehead atoms. The molecule has 3 rings (SSSR count). The van der Waals surface area contributed by atoms with E-state index < -0.39 is 7.14 Å². The molecule has 0 radical (unpaired) electrons. The number of alkyl halides is 1. The Morgan fingerprint density at radius 2 is 1.93 bits per heavy atom. The van der Waals surface area contributed by atoms with E-state index in [1.807, 2.05) is 13.3 Å². The lowest BCUT2D eigenvalue weighted by molar-refractivity contribution is -0.118. The number of rotatable bonds is 10. The van der Waals surface area contributed by atoms with E-state index in [1.165, 1.54) is 6.08 Å². The maximum atomic E-state index is 13.0. The van der Waals surface area contributed by atoms with Crippen LogP contribution in [0, 0.1) is 17.8 Å². The third kappa shape index (κ3) is 9.54. The minimum atomic E-state index is -2.22. The van der Waals surface area contributed by atoms with Crippen molar-refractivity contribution in [2.75, 3.05) is 40.6 Å². The fourth-order valence-corrected chi connectivity index (χ4v) is 8.24. The lowest BCUT2D eigenvalue weighted by Gasteiger charge is -2.45. The number of methoxy groups -OCH3 is 1. The van der Waals surface area contributed by atoms with Crippen molar-refractivity contribution in [3.8, 4) is 11.8 Å². The lowest BCUT2D eigenvalue weighted by atomic mass is 9.79. The van der Waals surface area contributed by atoms with E-state index in [4.69, 9.17) is 16.3 Å². The van der Waals surface area contributed by atoms with Gasteiger partial charge in [-0.15, -0.1) is 11.6 Å². The minimum absolute atomic E-state index is 0.0246. The van der Waals surface area contributed by atoms with Gasteiger partial charge in [-0.3, -0.25) is 31.0 Å². The summed E-state index contributed by atoms with van der Waals surface area (Å²) in [5, 5.41) is 17.4. The van der Waals surface area contributed by atoms with Crippen molar-refractivity contribution >= 4 is 24.7 Å². The van der Waals surface area contributed by atoms with Crippen LogP contribution < -0.4 is 26.6 Å². The second-order valence-corrected chi connectivity index (χ2v) is 16.4. The quantitative estimate of drug-likeness (QED) is 0.113. The van der Waals surface area contributed by atoms with E-state index >= 15 is 0 Å². The third-order valence-corrected chi connectivity index (χ3v) is 11.4. The van der Waals surface area contributed by atoms with Crippen LogP contribution in [0.1, 0.15) is 52.4 Å². The number of ether oxygens (including phenoxy) is 1. The summed E-state index contributed by atoms with van der Waals surface area (Å²) < 4.78 is 18.9. The van der Waals surface area contributed by atoms with Gasteiger partial charge in [0.2, 0.25) is 5.91 Å². The summed E-state index contributed by atoms with van der Waals surface area (Å²) in [6, 6.07) is 0.441. The summed E-state index contributed by atoms with van der Waals surface area (Å²) >= 11 is 6.75. The number of hydrogen-bond donors (Lipinski definition) is 5. The maximum absolute atomic E-state index is 13.0. The molecule has 3 aliphatic rings. The molecule has 9 atom stereocenters. The Morgan fingerprint density at radius 1 is 1.20 bits per heavy atom. The standard InChI is InChI=1S/C29H52ClN6O3P/c1-8-27(37)32-23-17-24(25(39-5)16-20(23)12-11-15-36(4)19(2)3)34-29-31-18-21(30)28(35-29)33-22-13-9-10-14-26(22)40(6,7)38/h8,19-26,28-29,31,33-35H,1,9-10,13-18H2,2-7H3,(H,32,37). The number of carbonyl (C=O) groups is 1. The number of nitrogens with zero attached hydrogens (tertiary/aromatic N) is 1. The zero-order chi connectivity index (χ0) is 29.4. The molecule has 0 spiro atoms. The summed E-state index contributed by atoms with van der Waals surface area (Å²) in [6.45, 7) is 13.0. The van der Waals surface area contributed by atoms with Crippen LogP contribution in [0.3, 0.4) is 0 Å². The van der Waals surface area contributed by atoms with Crippen LogP contribution in [0.5, 0.6) is 0 Å². The van der Waals surface area contributed by atoms with Gasteiger partial charge in [0, 0.05) is 49.4 Å². The van der Waals surface area contributed by atoms with Crippen LogP contribution in [0.15, 0.2) is 12.7 Å². The van der Waals surface area contributed by atoms with Crippen molar-refractivity contribution in [2.24, 2.45) is 5.92 Å².